The van der Waals surface area contributed by atoms with Gasteiger partial charge >= 0.3 is 0 Å². The highest BCUT2D eigenvalue weighted by molar-refractivity contribution is 9.10. The number of nitrogens with zero attached hydrogens (tertiary/aromatic N) is 3. The summed E-state index contributed by atoms with van der Waals surface area (Å²) in [6, 6.07) is 0. The van der Waals surface area contributed by atoms with Gasteiger partial charge in [0.25, 0.3) is 0 Å². The van der Waals surface area contributed by atoms with E-state index in [2.05, 4.69) is 21.0 Å². The molecule has 1 aromatic rings. The van der Waals surface area contributed by atoms with Gasteiger partial charge in [0.05, 0.1) is 34.2 Å². The molecule has 2 heterocycles. The maximum Gasteiger partial charge on any atom is 0.233 e. The first kappa shape index (κ1) is 13.8. The minimum atomic E-state index is -0.0691. The van der Waals surface area contributed by atoms with E-state index in [1.54, 1.807) is 0 Å². The zero-order valence-corrected chi connectivity index (χ0v) is 13.3. The molecule has 0 aromatic carbocycles. The normalized spacial score (nSPS) is 25.6. The second-order valence-electron chi connectivity index (χ2n) is 5.57. The van der Waals surface area contributed by atoms with Crippen molar-refractivity contribution in [3.8, 4) is 0 Å². The Labute approximate surface area is 126 Å². The Morgan fingerprint density at radius 2 is 1.85 bits per heavy atom. The quantitative estimate of drug-likeness (QED) is 0.793. The van der Waals surface area contributed by atoms with Gasteiger partial charge in [-0.3, -0.25) is 19.2 Å². The lowest BCUT2D eigenvalue weighted by Gasteiger charge is -2.16. The number of aryl methyl sites for hydroxylation is 2. The molecule has 2 atom stereocenters. The van der Waals surface area contributed by atoms with E-state index < -0.39 is 0 Å². The van der Waals surface area contributed by atoms with Crippen LogP contribution in [0.15, 0.2) is 4.47 Å². The van der Waals surface area contributed by atoms with E-state index >= 15 is 0 Å². The van der Waals surface area contributed by atoms with Crippen LogP contribution in [-0.4, -0.2) is 26.5 Å². The number of amides is 2. The van der Waals surface area contributed by atoms with Crippen LogP contribution < -0.4 is 0 Å². The topological polar surface area (TPSA) is 55.2 Å². The molecule has 1 aromatic heterocycles. The molecule has 108 valence electrons. The van der Waals surface area contributed by atoms with E-state index in [0.717, 1.165) is 41.7 Å². The molecule has 1 saturated carbocycles. The number of carbonyl (C=O) groups is 2. The number of fused-ring (bicyclic) bond motifs is 1. The largest absolute Gasteiger partial charge is 0.276 e. The number of rotatable bonds is 3. The maximum absolute atomic E-state index is 12.4. The minimum Gasteiger partial charge on any atom is -0.276 e. The van der Waals surface area contributed by atoms with Crippen molar-refractivity contribution in [1.82, 2.24) is 14.7 Å². The van der Waals surface area contributed by atoms with Crippen LogP contribution >= 0.6 is 15.9 Å². The Morgan fingerprint density at radius 3 is 2.40 bits per heavy atom. The van der Waals surface area contributed by atoms with Crippen molar-refractivity contribution in [2.45, 2.75) is 46.2 Å². The molecule has 1 saturated heterocycles. The maximum atomic E-state index is 12.4. The van der Waals surface area contributed by atoms with Gasteiger partial charge in [0, 0.05) is 6.54 Å². The van der Waals surface area contributed by atoms with Gasteiger partial charge in [-0.05, 0) is 42.6 Å². The first-order valence-electron chi connectivity index (χ1n) is 7.11. The summed E-state index contributed by atoms with van der Waals surface area (Å²) >= 11 is 3.52. The molecule has 6 heteroatoms. The van der Waals surface area contributed by atoms with Crippen LogP contribution in [-0.2, 0) is 22.7 Å². The van der Waals surface area contributed by atoms with Gasteiger partial charge in [0.15, 0.2) is 0 Å². The van der Waals surface area contributed by atoms with Crippen LogP contribution in [0.5, 0.6) is 0 Å². The van der Waals surface area contributed by atoms with E-state index in [1.807, 2.05) is 18.5 Å². The highest BCUT2D eigenvalue weighted by Gasteiger charge is 2.49. The van der Waals surface area contributed by atoms with Gasteiger partial charge in [-0.15, -0.1) is 0 Å². The number of carbonyl (C=O) groups excluding carboxylic acids is 2. The van der Waals surface area contributed by atoms with Gasteiger partial charge in [-0.2, -0.15) is 5.10 Å². The Kier molecular flexibility index (Phi) is 3.44. The van der Waals surface area contributed by atoms with Crippen molar-refractivity contribution < 1.29 is 9.59 Å². The van der Waals surface area contributed by atoms with E-state index in [4.69, 9.17) is 0 Å². The predicted molar refractivity (Wildman–Crippen MR) is 76.7 cm³/mol. The van der Waals surface area contributed by atoms with E-state index in [-0.39, 0.29) is 23.7 Å². The van der Waals surface area contributed by atoms with Gasteiger partial charge in [-0.1, -0.05) is 6.42 Å². The van der Waals surface area contributed by atoms with Gasteiger partial charge in [0.2, 0.25) is 11.8 Å². The fourth-order valence-electron chi connectivity index (χ4n) is 3.39. The minimum absolute atomic E-state index is 0.00547. The van der Waals surface area contributed by atoms with E-state index in [9.17, 15) is 9.59 Å². The average Bonchev–Trinajstić information content (AvgIpc) is 3.07. The first-order valence-corrected chi connectivity index (χ1v) is 7.90. The molecule has 2 unspecified atom stereocenters. The summed E-state index contributed by atoms with van der Waals surface area (Å²) in [5, 5.41) is 4.41. The van der Waals surface area contributed by atoms with Crippen molar-refractivity contribution in [2.75, 3.05) is 0 Å². The van der Waals surface area contributed by atoms with Gasteiger partial charge in [-0.25, -0.2) is 0 Å². The van der Waals surface area contributed by atoms with Crippen LogP contribution in [0.2, 0.25) is 0 Å². The van der Waals surface area contributed by atoms with Crippen molar-refractivity contribution in [1.29, 1.82) is 0 Å². The number of hydrogen-bond acceptors (Lipinski definition) is 3. The summed E-state index contributed by atoms with van der Waals surface area (Å²) in [5.41, 5.74) is 1.80. The van der Waals surface area contributed by atoms with E-state index in [1.165, 1.54) is 4.90 Å². The fraction of sp³-hybridized carbons (Fsp3) is 0.643. The second-order valence-corrected chi connectivity index (χ2v) is 6.36. The molecule has 2 fully saturated rings. The Hall–Kier alpha value is -1.17. The summed E-state index contributed by atoms with van der Waals surface area (Å²) in [5.74, 6) is -0.127. The average molecular weight is 340 g/mol. The first-order chi connectivity index (χ1) is 9.54. The van der Waals surface area contributed by atoms with Crippen molar-refractivity contribution in [3.63, 3.8) is 0 Å². The molecule has 1 aliphatic carbocycles. The molecule has 2 aliphatic rings. The summed E-state index contributed by atoms with van der Waals surface area (Å²) in [6.07, 6.45) is 2.72. The zero-order chi connectivity index (χ0) is 14.4. The molecule has 0 radical (unpaired) electrons. The Balaban J connectivity index is 1.89. The standard InChI is InChI=1S/C14H18BrN3O2/c1-3-18-11(12(15)8(2)16-18)7-17-13(19)9-5-4-6-10(9)14(17)20/h9-10H,3-7H2,1-2H3. The van der Waals surface area contributed by atoms with Crippen LogP contribution in [0.3, 0.4) is 0 Å². The molecular weight excluding hydrogens is 322 g/mol. The predicted octanol–water partition coefficient (Wildman–Crippen LogP) is 2.26. The summed E-state index contributed by atoms with van der Waals surface area (Å²) in [4.78, 5) is 26.2. The van der Waals surface area contributed by atoms with Crippen LogP contribution in [0, 0.1) is 18.8 Å². The molecule has 0 bridgehead atoms. The number of likely N-dealkylation sites (tertiary alicyclic amines) is 1. The van der Waals surface area contributed by atoms with Crippen molar-refractivity contribution in [3.05, 3.63) is 15.9 Å². The van der Waals surface area contributed by atoms with Gasteiger partial charge < -0.3 is 0 Å². The van der Waals surface area contributed by atoms with Crippen LogP contribution in [0.1, 0.15) is 37.6 Å². The van der Waals surface area contributed by atoms with Crippen molar-refractivity contribution >= 4 is 27.7 Å². The lowest BCUT2D eigenvalue weighted by molar-refractivity contribution is -0.141. The number of aromatic nitrogens is 2. The summed E-state index contributed by atoms with van der Waals surface area (Å²) < 4.78 is 2.76. The summed E-state index contributed by atoms with van der Waals surface area (Å²) in [7, 11) is 0. The monoisotopic (exact) mass is 339 g/mol. The molecule has 3 rings (SSSR count). The Morgan fingerprint density at radius 1 is 1.25 bits per heavy atom. The highest BCUT2D eigenvalue weighted by Crippen LogP contribution is 2.40. The van der Waals surface area contributed by atoms with Crippen LogP contribution in [0.4, 0.5) is 0 Å². The molecule has 0 spiro atoms. The highest BCUT2D eigenvalue weighted by atomic mass is 79.9. The number of halogens is 1. The fourth-order valence-corrected chi connectivity index (χ4v) is 3.80. The lowest BCUT2D eigenvalue weighted by Crippen LogP contribution is -2.32. The molecule has 20 heavy (non-hydrogen) atoms. The molecule has 0 N–H and O–H groups in total. The SMILES string of the molecule is CCn1nc(C)c(Br)c1CN1C(=O)C2CCCC2C1=O. The third kappa shape index (κ3) is 1.92. The van der Waals surface area contributed by atoms with Crippen LogP contribution in [0.25, 0.3) is 0 Å². The molecule has 5 nitrogen and oxygen atoms in total. The molecular formula is C14H18BrN3O2. The third-order valence-electron chi connectivity index (χ3n) is 4.44. The van der Waals surface area contributed by atoms with Gasteiger partial charge in [0.1, 0.15) is 0 Å². The Bertz CT molecular complexity index is 559. The summed E-state index contributed by atoms with van der Waals surface area (Å²) in [6.45, 7) is 4.98. The number of imide groups is 1. The molecule has 2 amide bonds. The number of hydrogen-bond donors (Lipinski definition) is 0. The zero-order valence-electron chi connectivity index (χ0n) is 11.7. The third-order valence-corrected chi connectivity index (χ3v) is 5.47. The molecule has 1 aliphatic heterocycles. The second kappa shape index (κ2) is 4.98. The van der Waals surface area contributed by atoms with E-state index in [0.29, 0.717) is 6.54 Å². The smallest absolute Gasteiger partial charge is 0.233 e. The van der Waals surface area contributed by atoms with Crippen molar-refractivity contribution in [2.24, 2.45) is 11.8 Å². The lowest BCUT2D eigenvalue weighted by atomic mass is 10.00.